The van der Waals surface area contributed by atoms with Crippen molar-refractivity contribution in [3.8, 4) is 22.3 Å². The third-order valence-corrected chi connectivity index (χ3v) is 7.33. The molecule has 6 rings (SSSR count). The van der Waals surface area contributed by atoms with Crippen LogP contribution in [0.15, 0.2) is 79.0 Å². The molecule has 1 aliphatic heterocycles. The molecule has 2 aromatic heterocycles. The fourth-order valence-electron chi connectivity index (χ4n) is 4.85. The number of aromatic nitrogens is 3. The summed E-state index contributed by atoms with van der Waals surface area (Å²) in [7, 11) is 0. The van der Waals surface area contributed by atoms with E-state index in [1.807, 2.05) is 36.5 Å². The van der Waals surface area contributed by atoms with Crippen LogP contribution in [-0.2, 0) is 0 Å². The van der Waals surface area contributed by atoms with Crippen molar-refractivity contribution < 1.29 is 0 Å². The number of halogens is 2. The van der Waals surface area contributed by atoms with Crippen LogP contribution in [-0.4, -0.2) is 21.5 Å². The maximum atomic E-state index is 6.54. The van der Waals surface area contributed by atoms with Crippen molar-refractivity contribution in [3.05, 3.63) is 94.9 Å². The zero-order valence-electron chi connectivity index (χ0n) is 18.9. The zero-order valence-corrected chi connectivity index (χ0v) is 20.4. The van der Waals surface area contributed by atoms with Crippen molar-refractivity contribution in [3.63, 3.8) is 0 Å². The Morgan fingerprint density at radius 3 is 2.29 bits per heavy atom. The SMILES string of the molecule is Nc1cc(-c2ccc(-c3ccccc3)cc2)cnc1N1CCC[C@H]1c1nc2cc(Cl)c(Cl)cc2[nH]1. The van der Waals surface area contributed by atoms with E-state index in [0.717, 1.165) is 53.2 Å². The van der Waals surface area contributed by atoms with Gasteiger partial charge in [-0.1, -0.05) is 77.8 Å². The van der Waals surface area contributed by atoms with Gasteiger partial charge in [-0.05, 0) is 47.7 Å². The average molecular weight is 500 g/mol. The highest BCUT2D eigenvalue weighted by Crippen LogP contribution is 2.39. The lowest BCUT2D eigenvalue weighted by molar-refractivity contribution is 0.673. The van der Waals surface area contributed by atoms with Crippen molar-refractivity contribution in [1.29, 1.82) is 0 Å². The Balaban J connectivity index is 1.28. The highest BCUT2D eigenvalue weighted by atomic mass is 35.5. The molecule has 174 valence electrons. The first-order valence-electron chi connectivity index (χ1n) is 11.6. The summed E-state index contributed by atoms with van der Waals surface area (Å²) in [6.07, 6.45) is 3.90. The summed E-state index contributed by atoms with van der Waals surface area (Å²) in [6.45, 7) is 0.867. The van der Waals surface area contributed by atoms with Gasteiger partial charge in [0.05, 0.1) is 32.8 Å². The highest BCUT2D eigenvalue weighted by Gasteiger charge is 2.31. The van der Waals surface area contributed by atoms with Crippen molar-refractivity contribution in [2.75, 3.05) is 17.2 Å². The first kappa shape index (κ1) is 22.0. The summed E-state index contributed by atoms with van der Waals surface area (Å²) in [6, 6.07) is 24.5. The molecule has 0 spiro atoms. The van der Waals surface area contributed by atoms with Crippen LogP contribution in [0.25, 0.3) is 33.3 Å². The van der Waals surface area contributed by atoms with Gasteiger partial charge in [0.1, 0.15) is 5.82 Å². The van der Waals surface area contributed by atoms with Crippen LogP contribution in [0.1, 0.15) is 24.7 Å². The molecule has 1 fully saturated rings. The third kappa shape index (κ3) is 4.11. The van der Waals surface area contributed by atoms with E-state index in [1.54, 1.807) is 6.07 Å². The molecule has 7 heteroatoms. The standard InChI is InChI=1S/C28H23Cl2N5/c29-21-14-24-25(15-22(21)30)34-27(33-24)26-7-4-12-35(26)28-23(31)13-20(16-32-28)19-10-8-18(9-11-19)17-5-2-1-3-6-17/h1-3,5-6,8-11,13-16,26H,4,7,12,31H2,(H,33,34)/t26-/m0/s1. The van der Waals surface area contributed by atoms with Crippen LogP contribution in [0.5, 0.6) is 0 Å². The number of H-pyrrole nitrogens is 1. The molecule has 0 amide bonds. The number of imidazole rings is 1. The van der Waals surface area contributed by atoms with E-state index in [4.69, 9.17) is 38.9 Å². The van der Waals surface area contributed by atoms with E-state index in [0.29, 0.717) is 15.7 Å². The second-order valence-electron chi connectivity index (χ2n) is 8.84. The van der Waals surface area contributed by atoms with Gasteiger partial charge < -0.3 is 15.6 Å². The number of hydrogen-bond acceptors (Lipinski definition) is 4. The molecule has 3 N–H and O–H groups in total. The molecule has 0 bridgehead atoms. The second-order valence-corrected chi connectivity index (χ2v) is 9.65. The van der Waals surface area contributed by atoms with Crippen LogP contribution < -0.4 is 10.6 Å². The van der Waals surface area contributed by atoms with Crippen LogP contribution in [0.3, 0.4) is 0 Å². The minimum Gasteiger partial charge on any atom is -0.396 e. The average Bonchev–Trinajstić information content (AvgIpc) is 3.52. The summed E-state index contributed by atoms with van der Waals surface area (Å²) in [5.41, 5.74) is 13.3. The van der Waals surface area contributed by atoms with Crippen LogP contribution in [0.4, 0.5) is 11.5 Å². The minimum absolute atomic E-state index is 0.0609. The molecule has 0 unspecified atom stereocenters. The fourth-order valence-corrected chi connectivity index (χ4v) is 5.17. The molecule has 5 aromatic rings. The lowest BCUT2D eigenvalue weighted by Gasteiger charge is -2.25. The number of rotatable bonds is 4. The number of nitrogens with zero attached hydrogens (tertiary/aromatic N) is 3. The predicted octanol–water partition coefficient (Wildman–Crippen LogP) is 7.52. The molecule has 3 heterocycles. The highest BCUT2D eigenvalue weighted by molar-refractivity contribution is 6.42. The van der Waals surface area contributed by atoms with Crippen molar-refractivity contribution >= 4 is 45.7 Å². The molecule has 0 saturated carbocycles. The Morgan fingerprint density at radius 2 is 1.54 bits per heavy atom. The van der Waals surface area contributed by atoms with E-state index in [9.17, 15) is 0 Å². The van der Waals surface area contributed by atoms with E-state index in [2.05, 4.69) is 46.3 Å². The Morgan fingerprint density at radius 1 is 0.857 bits per heavy atom. The molecular formula is C28H23Cl2N5. The van der Waals surface area contributed by atoms with Gasteiger partial charge in [0, 0.05) is 18.3 Å². The van der Waals surface area contributed by atoms with Gasteiger partial charge in [0.25, 0.3) is 0 Å². The molecule has 1 atom stereocenters. The molecule has 1 aliphatic rings. The molecule has 0 aliphatic carbocycles. The summed E-state index contributed by atoms with van der Waals surface area (Å²) < 4.78 is 0. The molecule has 1 saturated heterocycles. The summed E-state index contributed by atoms with van der Waals surface area (Å²) in [5, 5.41) is 1.01. The van der Waals surface area contributed by atoms with Gasteiger partial charge in [0.2, 0.25) is 0 Å². The van der Waals surface area contributed by atoms with Gasteiger partial charge in [0.15, 0.2) is 5.82 Å². The maximum absolute atomic E-state index is 6.54. The Hall–Kier alpha value is -3.54. The largest absolute Gasteiger partial charge is 0.396 e. The Bertz CT molecular complexity index is 1470. The smallest absolute Gasteiger partial charge is 0.152 e. The predicted molar refractivity (Wildman–Crippen MR) is 145 cm³/mol. The van der Waals surface area contributed by atoms with Crippen LogP contribution >= 0.6 is 23.2 Å². The van der Waals surface area contributed by atoms with Gasteiger partial charge in [-0.3, -0.25) is 0 Å². The van der Waals surface area contributed by atoms with Gasteiger partial charge in [-0.2, -0.15) is 0 Å². The fraction of sp³-hybridized carbons (Fsp3) is 0.143. The number of anilines is 2. The van der Waals surface area contributed by atoms with Crippen molar-refractivity contribution in [1.82, 2.24) is 15.0 Å². The van der Waals surface area contributed by atoms with Crippen molar-refractivity contribution in [2.45, 2.75) is 18.9 Å². The first-order chi connectivity index (χ1) is 17.1. The van der Waals surface area contributed by atoms with Gasteiger partial charge >= 0.3 is 0 Å². The number of nitrogens with two attached hydrogens (primary N) is 1. The topological polar surface area (TPSA) is 70.8 Å². The summed E-state index contributed by atoms with van der Waals surface area (Å²) >= 11 is 12.4. The Kier molecular flexibility index (Phi) is 5.59. The molecule has 5 nitrogen and oxygen atoms in total. The molecular weight excluding hydrogens is 477 g/mol. The number of benzene rings is 3. The second kappa shape index (κ2) is 8.91. The zero-order chi connectivity index (χ0) is 23.9. The monoisotopic (exact) mass is 499 g/mol. The Labute approximate surface area is 213 Å². The lowest BCUT2D eigenvalue weighted by atomic mass is 10.0. The molecule has 35 heavy (non-hydrogen) atoms. The summed E-state index contributed by atoms with van der Waals surface area (Å²) in [5.74, 6) is 1.66. The number of hydrogen-bond donors (Lipinski definition) is 2. The number of pyridine rings is 1. The quantitative estimate of drug-likeness (QED) is 0.268. The van der Waals surface area contributed by atoms with E-state index in [-0.39, 0.29) is 6.04 Å². The van der Waals surface area contributed by atoms with Gasteiger partial charge in [-0.15, -0.1) is 0 Å². The number of fused-ring (bicyclic) bond motifs is 1. The van der Waals surface area contributed by atoms with Gasteiger partial charge in [-0.25, -0.2) is 9.97 Å². The number of nitrogen functional groups attached to an aromatic ring is 1. The van der Waals surface area contributed by atoms with E-state index < -0.39 is 0 Å². The van der Waals surface area contributed by atoms with E-state index >= 15 is 0 Å². The van der Waals surface area contributed by atoms with Crippen LogP contribution in [0, 0.1) is 0 Å². The van der Waals surface area contributed by atoms with Crippen molar-refractivity contribution in [2.24, 2.45) is 0 Å². The molecule has 0 radical (unpaired) electrons. The third-order valence-electron chi connectivity index (χ3n) is 6.60. The molecule has 3 aromatic carbocycles. The number of nitrogens with one attached hydrogen (secondary N) is 1. The maximum Gasteiger partial charge on any atom is 0.152 e. The lowest BCUT2D eigenvalue weighted by Crippen LogP contribution is -2.25. The van der Waals surface area contributed by atoms with E-state index in [1.165, 1.54) is 11.1 Å². The number of aromatic amines is 1. The van der Waals surface area contributed by atoms with Crippen LogP contribution in [0.2, 0.25) is 10.0 Å². The summed E-state index contributed by atoms with van der Waals surface area (Å²) in [4.78, 5) is 15.2. The normalized spacial score (nSPS) is 15.7. The minimum atomic E-state index is 0.0609. The first-order valence-corrected chi connectivity index (χ1v) is 12.3.